The molecule has 2 heterocycles. The predicted octanol–water partition coefficient (Wildman–Crippen LogP) is 15.1. The number of furan rings is 1. The lowest BCUT2D eigenvalue weighted by molar-refractivity contribution is 0.669. The van der Waals surface area contributed by atoms with E-state index in [0.717, 1.165) is 49.8 Å². The van der Waals surface area contributed by atoms with E-state index in [0.29, 0.717) is 17.5 Å². The van der Waals surface area contributed by atoms with Gasteiger partial charge in [0.1, 0.15) is 11.2 Å². The van der Waals surface area contributed by atoms with Crippen LogP contribution in [-0.2, 0) is 5.41 Å². The molecule has 0 radical (unpaired) electrons. The molecule has 0 aliphatic heterocycles. The van der Waals surface area contributed by atoms with Gasteiger partial charge >= 0.3 is 0 Å². The molecule has 11 rings (SSSR count). The minimum Gasteiger partial charge on any atom is -0.456 e. The molecule has 0 bridgehead atoms. The SMILES string of the molecule is C/C=C\C(=C/C)c1nc(-c2ccc(-c3ccc(-c4cccc5c4-c4ccccc4C54C(=C/C)/C(=C\C)c5ccccc54)cc3)cc2)nc(-c2cccc3oc4ccccc4c23)n1. The summed E-state index contributed by atoms with van der Waals surface area (Å²) in [6.45, 7) is 8.37. The van der Waals surface area contributed by atoms with Crippen LogP contribution in [0.25, 0.3) is 89.2 Å². The average molecular weight is 798 g/mol. The van der Waals surface area contributed by atoms with Crippen LogP contribution in [0.3, 0.4) is 0 Å². The first kappa shape index (κ1) is 37.3. The van der Waals surface area contributed by atoms with Gasteiger partial charge in [-0.15, -0.1) is 0 Å². The van der Waals surface area contributed by atoms with Crippen LogP contribution < -0.4 is 0 Å². The van der Waals surface area contributed by atoms with E-state index >= 15 is 0 Å². The van der Waals surface area contributed by atoms with Crippen molar-refractivity contribution in [2.24, 2.45) is 0 Å². The smallest absolute Gasteiger partial charge is 0.164 e. The molecule has 2 aliphatic rings. The van der Waals surface area contributed by atoms with E-state index in [-0.39, 0.29) is 5.41 Å². The van der Waals surface area contributed by atoms with Gasteiger partial charge in [-0.2, -0.15) is 0 Å². The number of rotatable bonds is 6. The van der Waals surface area contributed by atoms with E-state index in [2.05, 4.69) is 153 Å². The molecule has 1 atom stereocenters. The highest BCUT2D eigenvalue weighted by Crippen LogP contribution is 2.64. The van der Waals surface area contributed by atoms with Crippen LogP contribution >= 0.6 is 0 Å². The Bertz CT molecular complexity index is 3380. The Morgan fingerprint density at radius 2 is 1.06 bits per heavy atom. The Labute approximate surface area is 362 Å². The van der Waals surface area contributed by atoms with Crippen molar-refractivity contribution in [3.05, 3.63) is 222 Å². The number of para-hydroxylation sites is 1. The summed E-state index contributed by atoms with van der Waals surface area (Å²) in [7, 11) is 0. The maximum atomic E-state index is 6.24. The molecule has 2 aromatic heterocycles. The van der Waals surface area contributed by atoms with Gasteiger partial charge in [-0.1, -0.05) is 176 Å². The molecular formula is C58H43N3O. The van der Waals surface area contributed by atoms with Crippen LogP contribution in [0.4, 0.5) is 0 Å². The molecule has 0 fully saturated rings. The molecule has 2 aliphatic carbocycles. The Balaban J connectivity index is 0.972. The monoisotopic (exact) mass is 797 g/mol. The summed E-state index contributed by atoms with van der Waals surface area (Å²) in [6.07, 6.45) is 10.7. The second-order valence-electron chi connectivity index (χ2n) is 16.0. The van der Waals surface area contributed by atoms with Crippen LogP contribution in [0.2, 0.25) is 0 Å². The molecule has 0 saturated carbocycles. The Morgan fingerprint density at radius 1 is 0.484 bits per heavy atom. The fourth-order valence-electron chi connectivity index (χ4n) is 10.2. The van der Waals surface area contributed by atoms with Crippen molar-refractivity contribution in [1.82, 2.24) is 15.0 Å². The summed E-state index contributed by atoms with van der Waals surface area (Å²) in [5.74, 6) is 1.84. The van der Waals surface area contributed by atoms with Gasteiger partial charge in [0.25, 0.3) is 0 Å². The van der Waals surface area contributed by atoms with Crippen LogP contribution in [0.5, 0.6) is 0 Å². The predicted molar refractivity (Wildman–Crippen MR) is 256 cm³/mol. The van der Waals surface area contributed by atoms with E-state index in [1.165, 1.54) is 55.7 Å². The van der Waals surface area contributed by atoms with Crippen LogP contribution in [0.1, 0.15) is 55.8 Å². The number of hydrogen-bond acceptors (Lipinski definition) is 4. The standard InChI is InChI=1S/C58H43N3O/c1-5-17-36(6-2)55-59-56(61-57(60-55)46-22-16-27-52-54(46)45-20-11-14-26-51(45)62-52)40-34-30-38(31-35-40)37-28-32-39(33-29-37)42-21-15-25-50-53(42)44-19-10-13-24-49(44)58(50)47(8-4)41(7-3)43-18-9-12-23-48(43)58/h5-35H,1-4H3/b17-5-,36-6+,41-7-,47-8+. The van der Waals surface area contributed by atoms with E-state index in [9.17, 15) is 0 Å². The van der Waals surface area contributed by atoms with E-state index in [1.54, 1.807) is 0 Å². The van der Waals surface area contributed by atoms with Gasteiger partial charge in [-0.25, -0.2) is 15.0 Å². The van der Waals surface area contributed by atoms with Crippen molar-refractivity contribution in [2.75, 3.05) is 0 Å². The molecule has 62 heavy (non-hydrogen) atoms. The summed E-state index contributed by atoms with van der Waals surface area (Å²) in [5, 5.41) is 2.03. The van der Waals surface area contributed by atoms with Crippen molar-refractivity contribution in [2.45, 2.75) is 33.1 Å². The fraction of sp³-hybridized carbons (Fsp3) is 0.0862. The Morgan fingerprint density at radius 3 is 1.79 bits per heavy atom. The number of nitrogens with zero attached hydrogens (tertiary/aromatic N) is 3. The number of allylic oxidation sites excluding steroid dienone is 8. The quantitative estimate of drug-likeness (QED) is 0.157. The maximum absolute atomic E-state index is 6.24. The highest BCUT2D eigenvalue weighted by molar-refractivity contribution is 6.12. The van der Waals surface area contributed by atoms with Crippen LogP contribution in [-0.4, -0.2) is 15.0 Å². The summed E-state index contributed by atoms with van der Waals surface area (Å²) in [4.78, 5) is 15.2. The second-order valence-corrected chi connectivity index (χ2v) is 16.0. The number of fused-ring (bicyclic) bond motifs is 10. The first-order valence-corrected chi connectivity index (χ1v) is 21.4. The lowest BCUT2D eigenvalue weighted by atomic mass is 9.70. The molecule has 4 heteroatoms. The van der Waals surface area contributed by atoms with Crippen LogP contribution in [0.15, 0.2) is 198 Å². The van der Waals surface area contributed by atoms with E-state index in [1.807, 2.05) is 62.4 Å². The molecule has 0 N–H and O–H groups in total. The molecule has 4 nitrogen and oxygen atoms in total. The molecule has 9 aromatic rings. The van der Waals surface area contributed by atoms with E-state index < -0.39 is 0 Å². The van der Waals surface area contributed by atoms with Gasteiger partial charge < -0.3 is 4.42 Å². The van der Waals surface area contributed by atoms with Crippen LogP contribution in [0, 0.1) is 0 Å². The van der Waals surface area contributed by atoms with Crippen molar-refractivity contribution in [1.29, 1.82) is 0 Å². The van der Waals surface area contributed by atoms with Crippen molar-refractivity contribution < 1.29 is 4.42 Å². The summed E-state index contributed by atoms with van der Waals surface area (Å²) < 4.78 is 6.24. The Kier molecular flexibility index (Phi) is 8.90. The van der Waals surface area contributed by atoms with Gasteiger partial charge in [0.15, 0.2) is 17.5 Å². The number of aromatic nitrogens is 3. The first-order chi connectivity index (χ1) is 30.6. The topological polar surface area (TPSA) is 51.8 Å². The first-order valence-electron chi connectivity index (χ1n) is 21.4. The number of hydrogen-bond donors (Lipinski definition) is 0. The normalized spacial score (nSPS) is 16.9. The molecule has 0 saturated heterocycles. The van der Waals surface area contributed by atoms with Crippen molar-refractivity contribution >= 4 is 33.1 Å². The fourth-order valence-corrected chi connectivity index (χ4v) is 10.2. The highest BCUT2D eigenvalue weighted by atomic mass is 16.3. The molecule has 1 spiro atoms. The third-order valence-corrected chi connectivity index (χ3v) is 12.8. The molecular weight excluding hydrogens is 755 g/mol. The van der Waals surface area contributed by atoms with E-state index in [4.69, 9.17) is 19.4 Å². The van der Waals surface area contributed by atoms with Gasteiger partial charge in [0, 0.05) is 27.5 Å². The minimum atomic E-state index is -0.362. The average Bonchev–Trinajstić information content (AvgIpc) is 3.97. The second kappa shape index (κ2) is 14.8. The summed E-state index contributed by atoms with van der Waals surface area (Å²) >= 11 is 0. The Hall–Kier alpha value is -7.69. The summed E-state index contributed by atoms with van der Waals surface area (Å²) in [5.41, 5.74) is 19.4. The molecule has 1 unspecified atom stereocenters. The van der Waals surface area contributed by atoms with Gasteiger partial charge in [-0.05, 0) is 107 Å². The zero-order valence-corrected chi connectivity index (χ0v) is 35.1. The van der Waals surface area contributed by atoms with Crippen molar-refractivity contribution in [3.8, 4) is 56.2 Å². The zero-order chi connectivity index (χ0) is 42.0. The van der Waals surface area contributed by atoms with Crippen molar-refractivity contribution in [3.63, 3.8) is 0 Å². The lowest BCUT2D eigenvalue weighted by Crippen LogP contribution is -2.25. The highest BCUT2D eigenvalue weighted by Gasteiger charge is 2.53. The molecule has 0 amide bonds. The van der Waals surface area contributed by atoms with Gasteiger partial charge in [0.2, 0.25) is 0 Å². The molecule has 296 valence electrons. The van der Waals surface area contributed by atoms with Gasteiger partial charge in [0.05, 0.1) is 5.41 Å². The van der Waals surface area contributed by atoms with Gasteiger partial charge in [-0.3, -0.25) is 0 Å². The third-order valence-electron chi connectivity index (χ3n) is 12.8. The lowest BCUT2D eigenvalue weighted by Gasteiger charge is -2.31. The maximum Gasteiger partial charge on any atom is 0.164 e. The molecule has 7 aromatic carbocycles. The third kappa shape index (κ3) is 5.50. The summed E-state index contributed by atoms with van der Waals surface area (Å²) in [6, 6.07) is 56.6. The largest absolute Gasteiger partial charge is 0.456 e. The number of benzene rings is 7. The zero-order valence-electron chi connectivity index (χ0n) is 35.1. The minimum absolute atomic E-state index is 0.362.